The number of hydrogen-bond donors (Lipinski definition) is 0. The summed E-state index contributed by atoms with van der Waals surface area (Å²) in [5.74, 6) is -1.03. The second kappa shape index (κ2) is 9.92. The molecule has 0 fully saturated rings. The molecule has 19 heavy (non-hydrogen) atoms. The summed E-state index contributed by atoms with van der Waals surface area (Å²) in [5.41, 5.74) is 0. The van der Waals surface area contributed by atoms with Gasteiger partial charge in [0.25, 0.3) is 0 Å². The van der Waals surface area contributed by atoms with Gasteiger partial charge in [0.05, 0.1) is 18.8 Å². The van der Waals surface area contributed by atoms with Crippen molar-refractivity contribution >= 4 is 11.8 Å². The Kier molecular flexibility index (Phi) is 9.43. The molecule has 0 aliphatic rings. The first kappa shape index (κ1) is 18.1. The van der Waals surface area contributed by atoms with Gasteiger partial charge in [-0.05, 0) is 33.6 Å². The van der Waals surface area contributed by atoms with Gasteiger partial charge in [0.15, 0.2) is 5.78 Å². The van der Waals surface area contributed by atoms with Crippen LogP contribution in [0.2, 0.25) is 0 Å². The van der Waals surface area contributed by atoms with Crippen LogP contribution in [0.4, 0.5) is 0 Å². The number of carbonyl (C=O) groups excluding carboxylic acids is 2. The normalized spacial score (nSPS) is 15.6. The van der Waals surface area contributed by atoms with E-state index in [1.807, 2.05) is 27.7 Å². The number of carbonyl (C=O) groups is 2. The topological polar surface area (TPSA) is 61.8 Å². The van der Waals surface area contributed by atoms with E-state index in [-0.39, 0.29) is 31.2 Å². The minimum atomic E-state index is -1.18. The highest BCUT2D eigenvalue weighted by atomic mass is 16.6. The van der Waals surface area contributed by atoms with E-state index in [2.05, 4.69) is 0 Å². The van der Waals surface area contributed by atoms with E-state index in [9.17, 15) is 9.59 Å². The summed E-state index contributed by atoms with van der Waals surface area (Å²) in [5, 5.41) is 0. The van der Waals surface area contributed by atoms with Gasteiger partial charge in [0.1, 0.15) is 6.61 Å². The van der Waals surface area contributed by atoms with Crippen molar-refractivity contribution in [3.8, 4) is 0 Å². The van der Waals surface area contributed by atoms with Gasteiger partial charge in [-0.2, -0.15) is 0 Å². The van der Waals surface area contributed by atoms with E-state index >= 15 is 0 Å². The number of ketones is 1. The van der Waals surface area contributed by atoms with Gasteiger partial charge in [0, 0.05) is 0 Å². The van der Waals surface area contributed by atoms with Crippen LogP contribution in [0, 0.1) is 0 Å². The molecule has 0 aromatic rings. The van der Waals surface area contributed by atoms with Crippen molar-refractivity contribution < 1.29 is 23.8 Å². The Labute approximate surface area is 115 Å². The summed E-state index contributed by atoms with van der Waals surface area (Å²) in [6.45, 7) is 9.36. The van der Waals surface area contributed by atoms with Crippen molar-refractivity contribution in [3.63, 3.8) is 0 Å². The molecule has 3 atom stereocenters. The lowest BCUT2D eigenvalue weighted by molar-refractivity contribution is -0.167. The number of Topliss-reactive ketones (excluding diaryl/α,β-unsaturated/α-hetero) is 1. The SMILES string of the molecule is CCOC(=O)C(OC(C)CC)C(=O)COC(C)CC. The third-order valence-corrected chi connectivity index (χ3v) is 2.82. The van der Waals surface area contributed by atoms with Crippen molar-refractivity contribution in [1.29, 1.82) is 0 Å². The molecule has 3 unspecified atom stereocenters. The summed E-state index contributed by atoms with van der Waals surface area (Å²) in [7, 11) is 0. The van der Waals surface area contributed by atoms with E-state index in [1.54, 1.807) is 6.92 Å². The van der Waals surface area contributed by atoms with Crippen molar-refractivity contribution in [2.45, 2.75) is 65.8 Å². The molecule has 0 aliphatic heterocycles. The summed E-state index contributed by atoms with van der Waals surface area (Å²) >= 11 is 0. The molecule has 0 saturated carbocycles. The third-order valence-electron chi connectivity index (χ3n) is 2.82. The zero-order valence-electron chi connectivity index (χ0n) is 12.6. The zero-order chi connectivity index (χ0) is 14.8. The standard InChI is InChI=1S/C14H26O5/c1-6-10(4)18-9-12(15)13(14(16)17-8-3)19-11(5)7-2/h10-11,13H,6-9H2,1-5H3. The second-order valence-corrected chi connectivity index (χ2v) is 4.48. The van der Waals surface area contributed by atoms with Crippen molar-refractivity contribution in [1.82, 2.24) is 0 Å². The highest BCUT2D eigenvalue weighted by Gasteiger charge is 2.30. The van der Waals surface area contributed by atoms with Crippen molar-refractivity contribution in [3.05, 3.63) is 0 Å². The highest BCUT2D eigenvalue weighted by molar-refractivity contribution is 6.02. The number of esters is 1. The fraction of sp³-hybridized carbons (Fsp3) is 0.857. The Balaban J connectivity index is 4.53. The van der Waals surface area contributed by atoms with Gasteiger partial charge < -0.3 is 14.2 Å². The Bertz CT molecular complexity index is 277. The molecular formula is C14H26O5. The van der Waals surface area contributed by atoms with Crippen LogP contribution in [-0.4, -0.2) is 43.3 Å². The first-order valence-corrected chi connectivity index (χ1v) is 6.92. The first-order valence-electron chi connectivity index (χ1n) is 6.92. The quantitative estimate of drug-likeness (QED) is 0.451. The molecule has 0 rings (SSSR count). The van der Waals surface area contributed by atoms with Crippen LogP contribution in [0.5, 0.6) is 0 Å². The maximum absolute atomic E-state index is 12.0. The Morgan fingerprint density at radius 1 is 1.00 bits per heavy atom. The third kappa shape index (κ3) is 7.28. The van der Waals surface area contributed by atoms with Gasteiger partial charge >= 0.3 is 5.97 Å². The van der Waals surface area contributed by atoms with Gasteiger partial charge in [-0.1, -0.05) is 13.8 Å². The monoisotopic (exact) mass is 274 g/mol. The number of hydrogen-bond acceptors (Lipinski definition) is 5. The average Bonchev–Trinajstić information content (AvgIpc) is 2.41. The lowest BCUT2D eigenvalue weighted by atomic mass is 10.2. The van der Waals surface area contributed by atoms with E-state index in [1.165, 1.54) is 0 Å². The molecule has 0 heterocycles. The maximum atomic E-state index is 12.0. The smallest absolute Gasteiger partial charge is 0.343 e. The van der Waals surface area contributed by atoms with Crippen LogP contribution in [0.15, 0.2) is 0 Å². The van der Waals surface area contributed by atoms with Gasteiger partial charge in [-0.25, -0.2) is 4.79 Å². The molecule has 0 spiro atoms. The molecular weight excluding hydrogens is 248 g/mol. The molecule has 0 amide bonds. The Morgan fingerprint density at radius 2 is 1.58 bits per heavy atom. The molecule has 0 aliphatic carbocycles. The van der Waals surface area contributed by atoms with Crippen LogP contribution >= 0.6 is 0 Å². The van der Waals surface area contributed by atoms with Crippen LogP contribution in [0.25, 0.3) is 0 Å². The minimum absolute atomic E-state index is 0.0182. The Hall–Kier alpha value is -0.940. The molecule has 0 saturated heterocycles. The summed E-state index contributed by atoms with van der Waals surface area (Å²) in [6, 6.07) is 0. The molecule has 0 radical (unpaired) electrons. The molecule has 0 bridgehead atoms. The predicted molar refractivity (Wildman–Crippen MR) is 72.0 cm³/mol. The first-order chi connectivity index (χ1) is 8.96. The highest BCUT2D eigenvalue weighted by Crippen LogP contribution is 2.07. The predicted octanol–water partition coefficient (Wildman–Crippen LogP) is 2.12. The summed E-state index contributed by atoms with van der Waals surface area (Å²) in [6.07, 6.45) is 0.148. The van der Waals surface area contributed by atoms with Crippen LogP contribution in [0.1, 0.15) is 47.5 Å². The van der Waals surface area contributed by atoms with Gasteiger partial charge in [-0.3, -0.25) is 4.79 Å². The largest absolute Gasteiger partial charge is 0.464 e. The molecule has 5 heteroatoms. The fourth-order valence-electron chi connectivity index (χ4n) is 1.23. The second-order valence-electron chi connectivity index (χ2n) is 4.48. The van der Waals surface area contributed by atoms with Crippen LogP contribution in [-0.2, 0) is 23.8 Å². The molecule has 0 aromatic heterocycles. The van der Waals surface area contributed by atoms with Gasteiger partial charge in [-0.15, -0.1) is 0 Å². The molecule has 0 aromatic carbocycles. The molecule has 112 valence electrons. The fourth-order valence-corrected chi connectivity index (χ4v) is 1.23. The van der Waals surface area contributed by atoms with E-state index in [0.29, 0.717) is 0 Å². The van der Waals surface area contributed by atoms with E-state index < -0.39 is 12.1 Å². The number of ether oxygens (including phenoxy) is 3. The van der Waals surface area contributed by atoms with Crippen LogP contribution in [0.3, 0.4) is 0 Å². The van der Waals surface area contributed by atoms with Gasteiger partial charge in [0.2, 0.25) is 6.10 Å². The van der Waals surface area contributed by atoms with Crippen molar-refractivity contribution in [2.75, 3.05) is 13.2 Å². The summed E-state index contributed by atoms with van der Waals surface area (Å²) < 4.78 is 15.6. The Morgan fingerprint density at radius 3 is 2.05 bits per heavy atom. The average molecular weight is 274 g/mol. The molecule has 5 nitrogen and oxygen atoms in total. The van der Waals surface area contributed by atoms with Crippen LogP contribution < -0.4 is 0 Å². The zero-order valence-corrected chi connectivity index (χ0v) is 12.6. The van der Waals surface area contributed by atoms with E-state index in [4.69, 9.17) is 14.2 Å². The van der Waals surface area contributed by atoms with Crippen molar-refractivity contribution in [2.24, 2.45) is 0 Å². The lowest BCUT2D eigenvalue weighted by Gasteiger charge is -2.20. The minimum Gasteiger partial charge on any atom is -0.464 e. The lowest BCUT2D eigenvalue weighted by Crippen LogP contribution is -2.39. The number of rotatable bonds is 10. The maximum Gasteiger partial charge on any atom is 0.343 e. The molecule has 0 N–H and O–H groups in total. The summed E-state index contributed by atoms with van der Waals surface area (Å²) in [4.78, 5) is 23.7. The van der Waals surface area contributed by atoms with E-state index in [0.717, 1.165) is 12.8 Å².